The number of carbonyl (C=O) groups is 3. The summed E-state index contributed by atoms with van der Waals surface area (Å²) in [4.78, 5) is 54.6. The third kappa shape index (κ3) is 319. The van der Waals surface area contributed by atoms with Gasteiger partial charge in [0.25, 0.3) is 0 Å². The van der Waals surface area contributed by atoms with Crippen molar-refractivity contribution in [2.45, 2.75) is 0 Å². The molecule has 12 N–H and O–H groups in total. The summed E-state index contributed by atoms with van der Waals surface area (Å²) in [6.45, 7) is 2.00. The van der Waals surface area contributed by atoms with Gasteiger partial charge in [0.2, 0.25) is 0 Å². The van der Waals surface area contributed by atoms with Gasteiger partial charge < -0.3 is 46.9 Å². The minimum absolute atomic E-state index is 0.833. The molecule has 0 saturated heterocycles. The molecule has 0 aliphatic heterocycles. The summed E-state index contributed by atoms with van der Waals surface area (Å²) in [5, 5.41) is 0. The highest BCUT2D eigenvalue weighted by atomic mass is 28.3. The van der Waals surface area contributed by atoms with E-state index in [2.05, 4.69) is 22.9 Å². The third-order valence-corrected chi connectivity index (χ3v) is 0. The van der Waals surface area contributed by atoms with Crippen LogP contribution in [0, 0.1) is 0 Å². The molecule has 0 aliphatic rings. The molecular weight excluding hydrogens is 292 g/mol. The number of carbonyl (C=O) groups excluding carboxylic acids is 3. The van der Waals surface area contributed by atoms with E-state index < -0.39 is 30.4 Å². The fourth-order valence-corrected chi connectivity index (χ4v) is 0. The lowest BCUT2D eigenvalue weighted by Crippen LogP contribution is -2.18. The van der Waals surface area contributed by atoms with Crippen LogP contribution in [-0.2, 0) is 13.7 Å². The zero-order chi connectivity index (χ0) is 16.3. The molecule has 0 unspecified atom stereocenters. The van der Waals surface area contributed by atoms with Crippen molar-refractivity contribution in [1.82, 2.24) is 0 Å². The highest BCUT2D eigenvalue weighted by Crippen LogP contribution is 1.27. The fraction of sp³-hybridized carbons (Fsp3) is 0. The molecule has 0 heterocycles. The summed E-state index contributed by atoms with van der Waals surface area (Å²) >= 11 is 0. The Morgan fingerprint density at radius 1 is 0.722 bits per heavy atom. The van der Waals surface area contributed by atoms with Gasteiger partial charge in [0.05, 0.1) is 0 Å². The average molecular weight is 306 g/mol. The Kier molecular flexibility index (Phi) is 48.0. The molecule has 0 aromatic carbocycles. The van der Waals surface area contributed by atoms with E-state index in [-0.39, 0.29) is 0 Å². The summed E-state index contributed by atoms with van der Waals surface area (Å²) in [5.41, 5.74) is 17.0. The maximum absolute atomic E-state index is 9.00. The van der Waals surface area contributed by atoms with Crippen LogP contribution in [0.15, 0.2) is 0 Å². The molecule has 0 aliphatic carbocycles. The summed E-state index contributed by atoms with van der Waals surface area (Å²) in [5.74, 6) is 0. The van der Waals surface area contributed by atoms with E-state index in [4.69, 9.17) is 42.5 Å². The zero-order valence-corrected chi connectivity index (χ0v) is 10.8. The minimum atomic E-state index is -3.13. The molecular formula is C3H14N4O9Si2. The number of urea groups is 2. The number of amides is 4. The predicted molar refractivity (Wildman–Crippen MR) is 56.4 cm³/mol. The van der Waals surface area contributed by atoms with E-state index in [9.17, 15) is 0 Å². The molecule has 0 atom stereocenters. The van der Waals surface area contributed by atoms with Crippen LogP contribution in [0.4, 0.5) is 9.59 Å². The van der Waals surface area contributed by atoms with Gasteiger partial charge in [-0.25, -0.2) is 9.59 Å². The number of hydrogen-bond donors (Lipinski definition) is 8. The second-order valence-electron chi connectivity index (χ2n) is 1.37. The Bertz CT molecular complexity index is 184. The maximum Gasteiger partial charge on any atom is 0.761 e. The molecule has 0 spiro atoms. The van der Waals surface area contributed by atoms with Crippen LogP contribution in [0.2, 0.25) is 0 Å². The van der Waals surface area contributed by atoms with E-state index in [1.54, 1.807) is 0 Å². The van der Waals surface area contributed by atoms with E-state index in [1.165, 1.54) is 0 Å². The number of rotatable bonds is 0. The van der Waals surface area contributed by atoms with Gasteiger partial charge in [0, 0.05) is 0 Å². The Labute approximate surface area is 103 Å². The average Bonchev–Trinajstić information content (AvgIpc) is 2.01. The summed E-state index contributed by atoms with van der Waals surface area (Å²) in [6, 6.07) is -1.67. The normalized spacial score (nSPS) is 5.56. The SMILES string of the molecule is C=O.NC(N)=O.NC(N)=O.O=[Si](O)O.O=[Si](O)O. The van der Waals surface area contributed by atoms with Gasteiger partial charge in [-0.15, -0.1) is 0 Å². The van der Waals surface area contributed by atoms with Crippen molar-refractivity contribution in [3.63, 3.8) is 0 Å². The van der Waals surface area contributed by atoms with Crippen LogP contribution in [0.3, 0.4) is 0 Å². The van der Waals surface area contributed by atoms with Crippen LogP contribution in [0.5, 0.6) is 0 Å². The van der Waals surface area contributed by atoms with Gasteiger partial charge in [-0.2, -0.15) is 0 Å². The first kappa shape index (κ1) is 29.5. The zero-order valence-electron chi connectivity index (χ0n) is 8.85. The lowest BCUT2D eigenvalue weighted by Gasteiger charge is -1.62. The topological polar surface area (TPSA) is 270 Å². The number of hydrogen-bond acceptors (Lipinski definition) is 5. The first-order chi connectivity index (χ1) is 7.93. The molecule has 18 heavy (non-hydrogen) atoms. The first-order valence-corrected chi connectivity index (χ1v) is 5.76. The molecule has 0 fully saturated rings. The Balaban J connectivity index is -0.0000000399. The lowest BCUT2D eigenvalue weighted by atomic mass is 11.2. The van der Waals surface area contributed by atoms with Crippen molar-refractivity contribution in [2.75, 3.05) is 0 Å². The summed E-state index contributed by atoms with van der Waals surface area (Å²) in [6.07, 6.45) is 0. The third-order valence-electron chi connectivity index (χ3n) is 0. The Morgan fingerprint density at radius 2 is 0.722 bits per heavy atom. The molecule has 0 saturated carbocycles. The van der Waals surface area contributed by atoms with Gasteiger partial charge in [-0.1, -0.05) is 0 Å². The van der Waals surface area contributed by atoms with E-state index in [1.807, 2.05) is 6.79 Å². The van der Waals surface area contributed by atoms with Crippen molar-refractivity contribution < 1.29 is 42.5 Å². The molecule has 0 aromatic heterocycles. The molecule has 15 heteroatoms. The van der Waals surface area contributed by atoms with Gasteiger partial charge in [-0.05, 0) is 0 Å². The minimum Gasteiger partial charge on any atom is -0.511 e. The second-order valence-corrected chi connectivity index (χ2v) is 2.50. The van der Waals surface area contributed by atoms with Crippen molar-refractivity contribution in [3.05, 3.63) is 0 Å². The highest BCUT2D eigenvalue weighted by molar-refractivity contribution is 6.22. The van der Waals surface area contributed by atoms with Crippen molar-refractivity contribution in [2.24, 2.45) is 22.9 Å². The molecule has 13 nitrogen and oxygen atoms in total. The maximum atomic E-state index is 9.00. The fourth-order valence-electron chi connectivity index (χ4n) is 0. The van der Waals surface area contributed by atoms with Gasteiger partial charge in [-0.3, -0.25) is 8.92 Å². The first-order valence-electron chi connectivity index (χ1n) is 3.15. The lowest BCUT2D eigenvalue weighted by molar-refractivity contribution is -0.0980. The van der Waals surface area contributed by atoms with Crippen LogP contribution >= 0.6 is 0 Å². The van der Waals surface area contributed by atoms with Gasteiger partial charge in [0.15, 0.2) is 0 Å². The van der Waals surface area contributed by atoms with Crippen LogP contribution < -0.4 is 22.9 Å². The van der Waals surface area contributed by atoms with Crippen molar-refractivity contribution in [3.8, 4) is 0 Å². The predicted octanol–water partition coefficient (Wildman–Crippen LogP) is -5.36. The number of nitrogens with two attached hydrogens (primary N) is 4. The van der Waals surface area contributed by atoms with Crippen molar-refractivity contribution in [1.29, 1.82) is 0 Å². The molecule has 0 radical (unpaired) electrons. The van der Waals surface area contributed by atoms with Crippen LogP contribution in [0.25, 0.3) is 0 Å². The van der Waals surface area contributed by atoms with E-state index >= 15 is 0 Å². The quantitative estimate of drug-likeness (QED) is 0.198. The summed E-state index contributed by atoms with van der Waals surface area (Å²) in [7, 11) is -6.26. The van der Waals surface area contributed by atoms with E-state index in [0.29, 0.717) is 0 Å². The number of primary amides is 4. The Morgan fingerprint density at radius 3 is 0.722 bits per heavy atom. The largest absolute Gasteiger partial charge is 0.761 e. The molecule has 0 bridgehead atoms. The van der Waals surface area contributed by atoms with E-state index in [0.717, 1.165) is 0 Å². The summed E-state index contributed by atoms with van der Waals surface area (Å²) < 4.78 is 17.5. The second kappa shape index (κ2) is 29.3. The molecule has 108 valence electrons. The molecule has 0 rings (SSSR count). The molecule has 0 aromatic rings. The van der Waals surface area contributed by atoms with Crippen LogP contribution in [0.1, 0.15) is 0 Å². The molecule has 4 amide bonds. The smallest absolute Gasteiger partial charge is 0.511 e. The standard InChI is InChI=1S/2CH4N2O.CH2O.2H2O3Si/c2*2-1(3)4;1-2;2*1-4(2)3/h2*(H4,2,3,4);1H2;2*1-2H. The van der Waals surface area contributed by atoms with Gasteiger partial charge >= 0.3 is 30.4 Å². The Hall–Kier alpha value is -2.56. The highest BCUT2D eigenvalue weighted by Gasteiger charge is 1.85. The van der Waals surface area contributed by atoms with Crippen molar-refractivity contribution >= 4 is 37.2 Å². The monoisotopic (exact) mass is 306 g/mol. The van der Waals surface area contributed by atoms with Crippen LogP contribution in [-0.4, -0.2) is 56.4 Å². The van der Waals surface area contributed by atoms with Gasteiger partial charge in [0.1, 0.15) is 6.79 Å².